The van der Waals surface area contributed by atoms with Gasteiger partial charge in [0.2, 0.25) is 10.0 Å². The Labute approximate surface area is 115 Å². The zero-order chi connectivity index (χ0) is 14.3. The molecule has 0 bridgehead atoms. The Bertz CT molecular complexity index is 549. The molecule has 5 heteroatoms. The minimum atomic E-state index is -3.60. The normalized spacial score (nSPS) is 26.3. The van der Waals surface area contributed by atoms with E-state index in [1.54, 1.807) is 24.3 Å². The fourth-order valence-electron chi connectivity index (χ4n) is 3.04. The Kier molecular flexibility index (Phi) is 3.62. The Morgan fingerprint density at radius 3 is 2.21 bits per heavy atom. The van der Waals surface area contributed by atoms with E-state index in [2.05, 4.69) is 26.1 Å². The molecule has 1 aliphatic rings. The second-order valence-electron chi connectivity index (χ2n) is 6.37. The summed E-state index contributed by atoms with van der Waals surface area (Å²) >= 11 is 0. The SMILES string of the molecule is CC1CC(C)(C)CC1Nc1ccc(S(N)(=O)=O)cc1. The van der Waals surface area contributed by atoms with Crippen molar-refractivity contribution in [1.29, 1.82) is 0 Å². The molecule has 0 aromatic heterocycles. The van der Waals surface area contributed by atoms with E-state index in [9.17, 15) is 8.42 Å². The third-order valence-corrected chi connectivity index (χ3v) is 4.80. The van der Waals surface area contributed by atoms with Crippen molar-refractivity contribution < 1.29 is 8.42 Å². The minimum Gasteiger partial charge on any atom is -0.382 e. The van der Waals surface area contributed by atoms with Gasteiger partial charge in [-0.3, -0.25) is 0 Å². The molecule has 1 fully saturated rings. The fraction of sp³-hybridized carbons (Fsp3) is 0.571. The minimum absolute atomic E-state index is 0.151. The molecule has 0 radical (unpaired) electrons. The van der Waals surface area contributed by atoms with Gasteiger partial charge in [-0.15, -0.1) is 0 Å². The van der Waals surface area contributed by atoms with Crippen LogP contribution in [0.2, 0.25) is 0 Å². The van der Waals surface area contributed by atoms with Gasteiger partial charge in [0.1, 0.15) is 0 Å². The highest BCUT2D eigenvalue weighted by atomic mass is 32.2. The monoisotopic (exact) mass is 282 g/mol. The van der Waals surface area contributed by atoms with Crippen molar-refractivity contribution in [2.24, 2.45) is 16.5 Å². The Morgan fingerprint density at radius 2 is 1.79 bits per heavy atom. The van der Waals surface area contributed by atoms with Crippen LogP contribution in [0.15, 0.2) is 29.2 Å². The van der Waals surface area contributed by atoms with Crippen LogP contribution in [0.1, 0.15) is 33.6 Å². The van der Waals surface area contributed by atoms with Crippen molar-refractivity contribution in [3.8, 4) is 0 Å². The predicted octanol–water partition coefficient (Wildman–Crippen LogP) is 2.57. The largest absolute Gasteiger partial charge is 0.382 e. The van der Waals surface area contributed by atoms with Crippen LogP contribution in [0.5, 0.6) is 0 Å². The molecule has 19 heavy (non-hydrogen) atoms. The average Bonchev–Trinajstić information content (AvgIpc) is 2.51. The topological polar surface area (TPSA) is 72.2 Å². The van der Waals surface area contributed by atoms with Gasteiger partial charge in [-0.2, -0.15) is 0 Å². The summed E-state index contributed by atoms with van der Waals surface area (Å²) in [5, 5.41) is 8.57. The molecule has 2 atom stereocenters. The quantitative estimate of drug-likeness (QED) is 0.895. The van der Waals surface area contributed by atoms with Crippen LogP contribution in [0.3, 0.4) is 0 Å². The summed E-state index contributed by atoms with van der Waals surface area (Å²) in [4.78, 5) is 0.151. The van der Waals surface area contributed by atoms with E-state index < -0.39 is 10.0 Å². The summed E-state index contributed by atoms with van der Waals surface area (Å²) in [6.45, 7) is 6.83. The molecule has 1 saturated carbocycles. The van der Waals surface area contributed by atoms with Gasteiger partial charge >= 0.3 is 0 Å². The van der Waals surface area contributed by atoms with Gasteiger partial charge in [0.25, 0.3) is 0 Å². The van der Waals surface area contributed by atoms with Crippen LogP contribution in [-0.2, 0) is 10.0 Å². The number of sulfonamides is 1. The molecule has 0 saturated heterocycles. The highest BCUT2D eigenvalue weighted by Crippen LogP contribution is 2.42. The molecule has 0 aliphatic heterocycles. The molecule has 2 unspecified atom stereocenters. The number of nitrogens with two attached hydrogens (primary N) is 1. The van der Waals surface area contributed by atoms with E-state index in [4.69, 9.17) is 5.14 Å². The van der Waals surface area contributed by atoms with E-state index in [-0.39, 0.29) is 4.90 Å². The first-order valence-corrected chi connectivity index (χ1v) is 8.11. The van der Waals surface area contributed by atoms with E-state index in [0.717, 1.165) is 12.1 Å². The van der Waals surface area contributed by atoms with E-state index in [0.29, 0.717) is 17.4 Å². The predicted molar refractivity (Wildman–Crippen MR) is 77.4 cm³/mol. The van der Waals surface area contributed by atoms with Crippen molar-refractivity contribution in [3.63, 3.8) is 0 Å². The van der Waals surface area contributed by atoms with Crippen LogP contribution in [0.25, 0.3) is 0 Å². The van der Waals surface area contributed by atoms with Gasteiger partial charge in [-0.05, 0) is 48.4 Å². The number of hydrogen-bond donors (Lipinski definition) is 2. The first-order valence-electron chi connectivity index (χ1n) is 6.57. The van der Waals surface area contributed by atoms with Crippen molar-refractivity contribution >= 4 is 15.7 Å². The highest BCUT2D eigenvalue weighted by molar-refractivity contribution is 7.89. The lowest BCUT2D eigenvalue weighted by Crippen LogP contribution is -2.22. The molecule has 2 rings (SSSR count). The van der Waals surface area contributed by atoms with Crippen molar-refractivity contribution in [2.45, 2.75) is 44.6 Å². The van der Waals surface area contributed by atoms with Gasteiger partial charge in [0.15, 0.2) is 0 Å². The average molecular weight is 282 g/mol. The molecule has 106 valence electrons. The molecule has 3 N–H and O–H groups in total. The maximum absolute atomic E-state index is 11.2. The summed E-state index contributed by atoms with van der Waals surface area (Å²) in [6.07, 6.45) is 2.34. The lowest BCUT2D eigenvalue weighted by Gasteiger charge is -2.20. The standard InChI is InChI=1S/C14H22N2O2S/c1-10-8-14(2,3)9-13(10)16-11-4-6-12(7-5-11)19(15,17)18/h4-7,10,13,16H,8-9H2,1-3H3,(H2,15,17,18). The van der Waals surface area contributed by atoms with E-state index in [1.807, 2.05) is 0 Å². The van der Waals surface area contributed by atoms with Gasteiger partial charge in [0, 0.05) is 11.7 Å². The first kappa shape index (κ1) is 14.3. The van der Waals surface area contributed by atoms with Crippen LogP contribution in [0.4, 0.5) is 5.69 Å². The fourth-order valence-corrected chi connectivity index (χ4v) is 3.56. The van der Waals surface area contributed by atoms with Crippen molar-refractivity contribution in [1.82, 2.24) is 0 Å². The smallest absolute Gasteiger partial charge is 0.238 e. The first-order chi connectivity index (χ1) is 8.67. The van der Waals surface area contributed by atoms with Gasteiger partial charge in [0.05, 0.1) is 4.90 Å². The molecule has 0 heterocycles. The second-order valence-corrected chi connectivity index (χ2v) is 7.93. The van der Waals surface area contributed by atoms with E-state index >= 15 is 0 Å². The summed E-state index contributed by atoms with van der Waals surface area (Å²) in [7, 11) is -3.60. The summed E-state index contributed by atoms with van der Waals surface area (Å²) in [5.41, 5.74) is 1.32. The Hall–Kier alpha value is -1.07. The highest BCUT2D eigenvalue weighted by Gasteiger charge is 2.36. The summed E-state index contributed by atoms with van der Waals surface area (Å²) in [6, 6.07) is 7.08. The lowest BCUT2D eigenvalue weighted by molar-refractivity contribution is 0.366. The maximum atomic E-state index is 11.2. The third-order valence-electron chi connectivity index (χ3n) is 3.87. The van der Waals surface area contributed by atoms with Crippen molar-refractivity contribution in [2.75, 3.05) is 5.32 Å². The Morgan fingerprint density at radius 1 is 1.21 bits per heavy atom. The zero-order valence-electron chi connectivity index (χ0n) is 11.7. The third kappa shape index (κ3) is 3.48. The maximum Gasteiger partial charge on any atom is 0.238 e. The summed E-state index contributed by atoms with van der Waals surface area (Å²) in [5.74, 6) is 0.618. The van der Waals surface area contributed by atoms with Gasteiger partial charge < -0.3 is 5.32 Å². The number of rotatable bonds is 3. The number of hydrogen-bond acceptors (Lipinski definition) is 3. The van der Waals surface area contributed by atoms with Crippen LogP contribution >= 0.6 is 0 Å². The van der Waals surface area contributed by atoms with Crippen molar-refractivity contribution in [3.05, 3.63) is 24.3 Å². The second kappa shape index (κ2) is 4.80. The number of primary sulfonamides is 1. The van der Waals surface area contributed by atoms with Crippen LogP contribution in [0, 0.1) is 11.3 Å². The number of benzene rings is 1. The number of nitrogens with one attached hydrogen (secondary N) is 1. The molecule has 0 spiro atoms. The molecular formula is C14H22N2O2S. The Balaban J connectivity index is 2.09. The number of anilines is 1. The summed E-state index contributed by atoms with van der Waals surface area (Å²) < 4.78 is 22.4. The molecule has 1 aliphatic carbocycles. The van der Waals surface area contributed by atoms with Crippen LogP contribution < -0.4 is 10.5 Å². The van der Waals surface area contributed by atoms with Crippen LogP contribution in [-0.4, -0.2) is 14.5 Å². The van der Waals surface area contributed by atoms with Gasteiger partial charge in [-0.1, -0.05) is 20.8 Å². The zero-order valence-corrected chi connectivity index (χ0v) is 12.5. The van der Waals surface area contributed by atoms with E-state index in [1.165, 1.54) is 6.42 Å². The molecule has 0 amide bonds. The molecule has 1 aromatic carbocycles. The molecular weight excluding hydrogens is 260 g/mol. The lowest BCUT2D eigenvalue weighted by atomic mass is 9.91. The molecule has 4 nitrogen and oxygen atoms in total. The van der Waals surface area contributed by atoms with Gasteiger partial charge in [-0.25, -0.2) is 13.6 Å². The molecule has 1 aromatic rings.